The minimum atomic E-state index is 0.161. The van der Waals surface area contributed by atoms with E-state index in [1.807, 2.05) is 12.1 Å². The van der Waals surface area contributed by atoms with E-state index in [0.29, 0.717) is 12.1 Å². The molecule has 0 bridgehead atoms. The third-order valence-electron chi connectivity index (χ3n) is 4.44. The van der Waals surface area contributed by atoms with Crippen LogP contribution in [0.3, 0.4) is 0 Å². The largest absolute Gasteiger partial charge is 0.326 e. The summed E-state index contributed by atoms with van der Waals surface area (Å²) in [6.45, 7) is 4.41. The van der Waals surface area contributed by atoms with E-state index in [1.54, 1.807) is 0 Å². The van der Waals surface area contributed by atoms with Crippen LogP contribution in [0.5, 0.6) is 0 Å². The number of rotatable bonds is 6. The van der Waals surface area contributed by atoms with Crippen molar-refractivity contribution < 1.29 is 0 Å². The van der Waals surface area contributed by atoms with E-state index in [4.69, 9.17) is 17.3 Å². The van der Waals surface area contributed by atoms with Gasteiger partial charge in [-0.3, -0.25) is 4.90 Å². The van der Waals surface area contributed by atoms with Gasteiger partial charge >= 0.3 is 0 Å². The van der Waals surface area contributed by atoms with Crippen LogP contribution in [0.1, 0.15) is 37.8 Å². The van der Waals surface area contributed by atoms with Gasteiger partial charge < -0.3 is 10.6 Å². The molecule has 1 heterocycles. The summed E-state index contributed by atoms with van der Waals surface area (Å²) in [7, 11) is 4.29. The van der Waals surface area contributed by atoms with E-state index < -0.39 is 0 Å². The number of halogens is 1. The molecule has 1 fully saturated rings. The molecule has 1 aromatic carbocycles. The predicted molar refractivity (Wildman–Crippen MR) is 90.7 cm³/mol. The summed E-state index contributed by atoms with van der Waals surface area (Å²) in [5, 5.41) is 0.786. The molecule has 1 aliphatic rings. The van der Waals surface area contributed by atoms with Crippen LogP contribution in [0, 0.1) is 0 Å². The molecule has 0 saturated carbocycles. The molecule has 0 aliphatic carbocycles. The highest BCUT2D eigenvalue weighted by atomic mass is 35.5. The molecular weight excluding hydrogens is 282 g/mol. The zero-order chi connectivity index (χ0) is 15.4. The molecule has 1 aromatic rings. The lowest BCUT2D eigenvalue weighted by Crippen LogP contribution is -2.46. The second-order valence-electron chi connectivity index (χ2n) is 6.36. The second kappa shape index (κ2) is 7.59. The lowest BCUT2D eigenvalue weighted by molar-refractivity contribution is 0.132. The van der Waals surface area contributed by atoms with Gasteiger partial charge in [-0.25, -0.2) is 0 Å². The highest BCUT2D eigenvalue weighted by molar-refractivity contribution is 6.30. The second-order valence-corrected chi connectivity index (χ2v) is 6.80. The van der Waals surface area contributed by atoms with Gasteiger partial charge in [-0.2, -0.15) is 0 Å². The molecule has 0 radical (unpaired) electrons. The van der Waals surface area contributed by atoms with Crippen LogP contribution in [0.2, 0.25) is 5.02 Å². The molecule has 21 heavy (non-hydrogen) atoms. The summed E-state index contributed by atoms with van der Waals surface area (Å²) in [5.41, 5.74) is 7.76. The standard InChI is InChI=1S/C17H28ClN3/c1-4-16(19)17(13-7-9-14(18)10-8-13)21-11-5-6-15(21)12-20(2)3/h7-10,15-17H,4-6,11-12,19H2,1-3H3. The SMILES string of the molecule is CCC(N)C(c1ccc(Cl)cc1)N1CCCC1CN(C)C. The fraction of sp³-hybridized carbons (Fsp3) is 0.647. The maximum atomic E-state index is 6.47. The van der Waals surface area contributed by atoms with Crippen molar-refractivity contribution in [3.63, 3.8) is 0 Å². The fourth-order valence-corrected chi connectivity index (χ4v) is 3.54. The van der Waals surface area contributed by atoms with E-state index >= 15 is 0 Å². The van der Waals surface area contributed by atoms with E-state index in [-0.39, 0.29) is 6.04 Å². The molecule has 118 valence electrons. The molecule has 1 saturated heterocycles. The molecule has 1 aliphatic heterocycles. The number of likely N-dealkylation sites (N-methyl/N-ethyl adjacent to an activating group) is 1. The highest BCUT2D eigenvalue weighted by Gasteiger charge is 2.34. The van der Waals surface area contributed by atoms with Crippen molar-refractivity contribution in [2.75, 3.05) is 27.2 Å². The maximum absolute atomic E-state index is 6.47. The number of hydrogen-bond acceptors (Lipinski definition) is 3. The molecule has 0 amide bonds. The van der Waals surface area contributed by atoms with Crippen molar-refractivity contribution in [2.45, 2.75) is 44.3 Å². The number of benzene rings is 1. The van der Waals surface area contributed by atoms with Gasteiger partial charge in [0.2, 0.25) is 0 Å². The molecule has 2 rings (SSSR count). The van der Waals surface area contributed by atoms with Crippen LogP contribution < -0.4 is 5.73 Å². The Hall–Kier alpha value is -0.610. The monoisotopic (exact) mass is 309 g/mol. The van der Waals surface area contributed by atoms with Gasteiger partial charge in [-0.05, 0) is 57.6 Å². The van der Waals surface area contributed by atoms with Gasteiger partial charge in [0.1, 0.15) is 0 Å². The first-order valence-corrected chi connectivity index (χ1v) is 8.32. The first-order valence-electron chi connectivity index (χ1n) is 7.94. The lowest BCUT2D eigenvalue weighted by atomic mass is 9.95. The van der Waals surface area contributed by atoms with Gasteiger partial charge in [-0.15, -0.1) is 0 Å². The van der Waals surface area contributed by atoms with E-state index in [2.05, 4.69) is 43.0 Å². The number of hydrogen-bond donors (Lipinski definition) is 1. The van der Waals surface area contributed by atoms with Crippen molar-refractivity contribution in [2.24, 2.45) is 5.73 Å². The van der Waals surface area contributed by atoms with Gasteiger partial charge in [0.15, 0.2) is 0 Å². The van der Waals surface area contributed by atoms with Crippen molar-refractivity contribution in [3.05, 3.63) is 34.9 Å². The zero-order valence-electron chi connectivity index (χ0n) is 13.4. The molecule has 3 atom stereocenters. The Morgan fingerprint density at radius 1 is 1.33 bits per heavy atom. The Balaban J connectivity index is 2.24. The average Bonchev–Trinajstić information content (AvgIpc) is 2.88. The van der Waals surface area contributed by atoms with Crippen molar-refractivity contribution in [1.82, 2.24) is 9.80 Å². The molecule has 2 N–H and O–H groups in total. The van der Waals surface area contributed by atoms with E-state index in [1.165, 1.54) is 18.4 Å². The first kappa shape index (κ1) is 16.8. The molecule has 3 unspecified atom stereocenters. The molecule has 0 aromatic heterocycles. The van der Waals surface area contributed by atoms with Crippen molar-refractivity contribution >= 4 is 11.6 Å². The van der Waals surface area contributed by atoms with Crippen LogP contribution >= 0.6 is 11.6 Å². The Morgan fingerprint density at radius 2 is 2.00 bits per heavy atom. The number of nitrogens with two attached hydrogens (primary N) is 1. The average molecular weight is 310 g/mol. The Bertz CT molecular complexity index is 432. The van der Waals surface area contributed by atoms with Crippen molar-refractivity contribution in [1.29, 1.82) is 0 Å². The van der Waals surface area contributed by atoms with E-state index in [9.17, 15) is 0 Å². The topological polar surface area (TPSA) is 32.5 Å². The van der Waals surface area contributed by atoms with E-state index in [0.717, 1.165) is 24.5 Å². The maximum Gasteiger partial charge on any atom is 0.0502 e. The minimum Gasteiger partial charge on any atom is -0.326 e. The van der Waals surface area contributed by atoms with Crippen LogP contribution in [-0.2, 0) is 0 Å². The summed E-state index contributed by atoms with van der Waals surface area (Å²) < 4.78 is 0. The zero-order valence-corrected chi connectivity index (χ0v) is 14.2. The normalized spacial score (nSPS) is 22.7. The van der Waals surface area contributed by atoms with Crippen LogP contribution in [0.15, 0.2) is 24.3 Å². The van der Waals surface area contributed by atoms with Crippen molar-refractivity contribution in [3.8, 4) is 0 Å². The number of nitrogens with zero attached hydrogens (tertiary/aromatic N) is 2. The summed E-state index contributed by atoms with van der Waals surface area (Å²) in [5.74, 6) is 0. The number of likely N-dealkylation sites (tertiary alicyclic amines) is 1. The first-order chi connectivity index (χ1) is 10.0. The Labute approximate surface area is 134 Å². The summed E-state index contributed by atoms with van der Waals surface area (Å²) in [6.07, 6.45) is 3.51. The quantitative estimate of drug-likeness (QED) is 0.876. The summed E-state index contributed by atoms with van der Waals surface area (Å²) in [4.78, 5) is 4.89. The highest BCUT2D eigenvalue weighted by Crippen LogP contribution is 2.33. The van der Waals surface area contributed by atoms with Crippen LogP contribution in [0.25, 0.3) is 0 Å². The Kier molecular flexibility index (Phi) is 6.06. The van der Waals surface area contributed by atoms with Gasteiger partial charge in [0.05, 0.1) is 6.04 Å². The third-order valence-corrected chi connectivity index (χ3v) is 4.70. The van der Waals surface area contributed by atoms with Gasteiger partial charge in [0.25, 0.3) is 0 Å². The van der Waals surface area contributed by atoms with Crippen LogP contribution in [-0.4, -0.2) is 49.1 Å². The lowest BCUT2D eigenvalue weighted by Gasteiger charge is -2.38. The summed E-state index contributed by atoms with van der Waals surface area (Å²) in [6, 6.07) is 9.26. The molecule has 4 heteroatoms. The summed E-state index contributed by atoms with van der Waals surface area (Å²) >= 11 is 6.04. The van der Waals surface area contributed by atoms with Crippen LogP contribution in [0.4, 0.5) is 0 Å². The molecule has 0 spiro atoms. The minimum absolute atomic E-state index is 0.161. The predicted octanol–water partition coefficient (Wildman–Crippen LogP) is 3.14. The molecule has 3 nitrogen and oxygen atoms in total. The van der Waals surface area contributed by atoms with Gasteiger partial charge in [-0.1, -0.05) is 30.7 Å². The smallest absolute Gasteiger partial charge is 0.0502 e. The molecular formula is C17H28ClN3. The third kappa shape index (κ3) is 4.19. The Morgan fingerprint density at radius 3 is 2.57 bits per heavy atom. The van der Waals surface area contributed by atoms with Gasteiger partial charge in [0, 0.05) is 23.7 Å². The fourth-order valence-electron chi connectivity index (χ4n) is 3.41.